The van der Waals surface area contributed by atoms with Crippen molar-refractivity contribution in [1.29, 1.82) is 0 Å². The first-order valence-corrected chi connectivity index (χ1v) is 10.0. The van der Waals surface area contributed by atoms with Crippen molar-refractivity contribution in [2.45, 2.75) is 17.4 Å². The number of nitrogens with zero attached hydrogens (tertiary/aromatic N) is 1. The summed E-state index contributed by atoms with van der Waals surface area (Å²) in [5.41, 5.74) is 2.60. The van der Waals surface area contributed by atoms with Crippen molar-refractivity contribution in [2.75, 3.05) is 12.9 Å². The van der Waals surface area contributed by atoms with E-state index in [1.54, 1.807) is 11.8 Å². The van der Waals surface area contributed by atoms with Crippen molar-refractivity contribution in [3.8, 4) is 5.75 Å². The molecular weight excluding hydrogens is 368 g/mol. The lowest BCUT2D eigenvalue weighted by Gasteiger charge is -2.27. The predicted octanol–water partition coefficient (Wildman–Crippen LogP) is 4.81. The molecule has 0 radical (unpaired) electrons. The summed E-state index contributed by atoms with van der Waals surface area (Å²) in [6.07, 6.45) is 2.79. The highest BCUT2D eigenvalue weighted by molar-refractivity contribution is 7.98. The molecule has 1 N–H and O–H groups in total. The fourth-order valence-electron chi connectivity index (χ4n) is 3.40. The fourth-order valence-corrected chi connectivity index (χ4v) is 4.00. The van der Waals surface area contributed by atoms with E-state index in [4.69, 9.17) is 16.3 Å². The predicted molar refractivity (Wildman–Crippen MR) is 106 cm³/mol. The van der Waals surface area contributed by atoms with Gasteiger partial charge >= 0.3 is 0 Å². The highest BCUT2D eigenvalue weighted by atomic mass is 35.5. The normalized spacial score (nSPS) is 16.2. The lowest BCUT2D eigenvalue weighted by Crippen LogP contribution is -2.33. The molecule has 1 aliphatic heterocycles. The smallest absolute Gasteiger partial charge is 0.268 e. The van der Waals surface area contributed by atoms with Gasteiger partial charge in [0.15, 0.2) is 0 Å². The average Bonchev–Trinajstić information content (AvgIpc) is 2.98. The van der Waals surface area contributed by atoms with E-state index in [-0.39, 0.29) is 11.9 Å². The van der Waals surface area contributed by atoms with E-state index in [0.29, 0.717) is 17.3 Å². The van der Waals surface area contributed by atoms with Crippen LogP contribution in [0.25, 0.3) is 10.9 Å². The molecule has 0 saturated heterocycles. The van der Waals surface area contributed by atoms with E-state index in [2.05, 4.69) is 11.4 Å². The molecule has 0 aliphatic carbocycles. The maximum Gasteiger partial charge on any atom is 0.268 e. The van der Waals surface area contributed by atoms with Crippen LogP contribution in [0.2, 0.25) is 5.02 Å². The van der Waals surface area contributed by atoms with Gasteiger partial charge in [-0.2, -0.15) is 0 Å². The maximum absolute atomic E-state index is 12.9. The summed E-state index contributed by atoms with van der Waals surface area (Å²) in [6, 6.07) is 13.6. The number of nitrogens with one attached hydrogen (secondary N) is 1. The Balaban J connectivity index is 1.63. The van der Waals surface area contributed by atoms with Crippen LogP contribution in [0.4, 0.5) is 0 Å². The molecule has 6 heteroatoms. The van der Waals surface area contributed by atoms with E-state index in [9.17, 15) is 4.79 Å². The summed E-state index contributed by atoms with van der Waals surface area (Å²) < 4.78 is 7.67. The molecule has 3 aromatic rings. The monoisotopic (exact) mass is 386 g/mol. The Hall–Kier alpha value is -2.11. The van der Waals surface area contributed by atoms with Crippen molar-refractivity contribution in [3.63, 3.8) is 0 Å². The number of halogens is 1. The van der Waals surface area contributed by atoms with Gasteiger partial charge in [0.25, 0.3) is 5.91 Å². The molecule has 134 valence electrons. The maximum atomic E-state index is 12.9. The van der Waals surface area contributed by atoms with Crippen LogP contribution in [0.5, 0.6) is 5.75 Å². The third-order valence-corrected chi connectivity index (χ3v) is 5.77. The Bertz CT molecular complexity index is 999. The first-order valence-electron chi connectivity index (χ1n) is 8.43. The Labute approximate surface area is 161 Å². The lowest BCUT2D eigenvalue weighted by molar-refractivity contribution is 0.0917. The highest BCUT2D eigenvalue weighted by Crippen LogP contribution is 2.35. The van der Waals surface area contributed by atoms with Crippen LogP contribution in [0.15, 0.2) is 47.4 Å². The molecule has 2 aromatic carbocycles. The first kappa shape index (κ1) is 17.3. The molecule has 0 spiro atoms. The summed E-state index contributed by atoms with van der Waals surface area (Å²) in [5, 5.41) is 4.83. The van der Waals surface area contributed by atoms with Crippen LogP contribution < -0.4 is 10.1 Å². The Morgan fingerprint density at radius 1 is 1.27 bits per heavy atom. The Morgan fingerprint density at radius 3 is 2.92 bits per heavy atom. The number of carbonyl (C=O) groups is 1. The van der Waals surface area contributed by atoms with Crippen LogP contribution in [-0.4, -0.2) is 23.3 Å². The number of rotatable bonds is 3. The third kappa shape index (κ3) is 3.06. The van der Waals surface area contributed by atoms with Gasteiger partial charge in [0.05, 0.1) is 12.6 Å². The van der Waals surface area contributed by atoms with E-state index in [0.717, 1.165) is 33.5 Å². The molecule has 1 atom stereocenters. The van der Waals surface area contributed by atoms with E-state index >= 15 is 0 Å². The number of amides is 1. The minimum atomic E-state index is -0.0911. The van der Waals surface area contributed by atoms with E-state index in [1.807, 2.05) is 54.3 Å². The summed E-state index contributed by atoms with van der Waals surface area (Å²) in [7, 11) is 1.89. The van der Waals surface area contributed by atoms with Crippen molar-refractivity contribution >= 4 is 40.2 Å². The van der Waals surface area contributed by atoms with Crippen LogP contribution in [0, 0.1) is 0 Å². The molecule has 1 aromatic heterocycles. The van der Waals surface area contributed by atoms with Crippen LogP contribution in [-0.2, 0) is 7.05 Å². The third-order valence-electron chi connectivity index (χ3n) is 4.81. The van der Waals surface area contributed by atoms with Gasteiger partial charge in [-0.25, -0.2) is 0 Å². The summed E-state index contributed by atoms with van der Waals surface area (Å²) >= 11 is 7.76. The average molecular weight is 387 g/mol. The van der Waals surface area contributed by atoms with Gasteiger partial charge in [0, 0.05) is 39.9 Å². The molecular formula is C20H19ClN2O2S. The number of ether oxygens (including phenoxy) is 1. The van der Waals surface area contributed by atoms with Gasteiger partial charge in [-0.05, 0) is 36.6 Å². The largest absolute Gasteiger partial charge is 0.493 e. The van der Waals surface area contributed by atoms with Gasteiger partial charge < -0.3 is 14.6 Å². The standard InChI is InChI=1S/C20H19ClN2O2S/c1-23-17-10-13(21)4-3-12(17)9-18(23)20(24)22-16-7-8-25-19-11-14(26-2)5-6-15(16)19/h3-6,9-11,16H,7-8H2,1-2H3,(H,22,24). The summed E-state index contributed by atoms with van der Waals surface area (Å²) in [5.74, 6) is 0.767. The van der Waals surface area contributed by atoms with Crippen LogP contribution >= 0.6 is 23.4 Å². The van der Waals surface area contributed by atoms with E-state index in [1.165, 1.54) is 0 Å². The first-order chi connectivity index (χ1) is 12.6. The summed E-state index contributed by atoms with van der Waals surface area (Å²) in [6.45, 7) is 0.598. The molecule has 4 nitrogen and oxygen atoms in total. The van der Waals surface area contributed by atoms with Crippen LogP contribution in [0.3, 0.4) is 0 Å². The number of hydrogen-bond acceptors (Lipinski definition) is 3. The van der Waals surface area contributed by atoms with Gasteiger partial charge in [-0.1, -0.05) is 23.7 Å². The zero-order valence-electron chi connectivity index (χ0n) is 14.6. The number of thioether (sulfide) groups is 1. The zero-order valence-corrected chi connectivity index (χ0v) is 16.2. The molecule has 1 aliphatic rings. The number of hydrogen-bond donors (Lipinski definition) is 1. The zero-order chi connectivity index (χ0) is 18.3. The SMILES string of the molecule is CSc1ccc2c(c1)OCCC2NC(=O)c1cc2ccc(Cl)cc2n1C. The molecule has 1 unspecified atom stereocenters. The van der Waals surface area contributed by atoms with Gasteiger partial charge in [0.2, 0.25) is 0 Å². The minimum Gasteiger partial charge on any atom is -0.493 e. The number of fused-ring (bicyclic) bond motifs is 2. The van der Waals surface area contributed by atoms with Crippen molar-refractivity contribution < 1.29 is 9.53 Å². The van der Waals surface area contributed by atoms with Crippen LogP contribution in [0.1, 0.15) is 28.5 Å². The quantitative estimate of drug-likeness (QED) is 0.657. The second kappa shape index (κ2) is 6.89. The highest BCUT2D eigenvalue weighted by Gasteiger charge is 2.25. The van der Waals surface area contributed by atoms with Gasteiger partial charge in [-0.3, -0.25) is 4.79 Å². The van der Waals surface area contributed by atoms with Crippen molar-refractivity contribution in [2.24, 2.45) is 7.05 Å². The fraction of sp³-hybridized carbons (Fsp3) is 0.250. The number of aryl methyl sites for hydroxylation is 1. The molecule has 2 heterocycles. The van der Waals surface area contributed by atoms with Crippen molar-refractivity contribution in [1.82, 2.24) is 9.88 Å². The summed E-state index contributed by atoms with van der Waals surface area (Å²) in [4.78, 5) is 14.1. The second-order valence-corrected chi connectivity index (χ2v) is 7.67. The molecule has 4 rings (SSSR count). The lowest BCUT2D eigenvalue weighted by atomic mass is 10.0. The Kier molecular flexibility index (Phi) is 4.59. The molecule has 0 saturated carbocycles. The number of benzene rings is 2. The topological polar surface area (TPSA) is 43.3 Å². The number of carbonyl (C=O) groups excluding carboxylic acids is 1. The minimum absolute atomic E-state index is 0.0521. The molecule has 0 fully saturated rings. The number of aromatic nitrogens is 1. The van der Waals surface area contributed by atoms with Gasteiger partial charge in [0.1, 0.15) is 11.4 Å². The van der Waals surface area contributed by atoms with Gasteiger partial charge in [-0.15, -0.1) is 11.8 Å². The van der Waals surface area contributed by atoms with E-state index < -0.39 is 0 Å². The van der Waals surface area contributed by atoms with Crippen molar-refractivity contribution in [3.05, 3.63) is 58.7 Å². The molecule has 0 bridgehead atoms. The molecule has 26 heavy (non-hydrogen) atoms. The molecule has 1 amide bonds. The second-order valence-electron chi connectivity index (χ2n) is 6.36. The Morgan fingerprint density at radius 2 is 2.12 bits per heavy atom.